The summed E-state index contributed by atoms with van der Waals surface area (Å²) in [5.41, 5.74) is 2.68. The van der Waals surface area contributed by atoms with Crippen LogP contribution in [0.4, 0.5) is 0 Å². The van der Waals surface area contributed by atoms with Crippen LogP contribution in [0.25, 0.3) is 0 Å². The SMILES string of the molecule is CCNC(c1cc(C)ccc1OC)C1CC2CC2C1. The van der Waals surface area contributed by atoms with E-state index in [9.17, 15) is 0 Å². The summed E-state index contributed by atoms with van der Waals surface area (Å²) in [4.78, 5) is 0. The van der Waals surface area contributed by atoms with Gasteiger partial charge in [-0.1, -0.05) is 24.6 Å². The van der Waals surface area contributed by atoms with E-state index in [4.69, 9.17) is 4.74 Å². The van der Waals surface area contributed by atoms with Crippen LogP contribution in [0.3, 0.4) is 0 Å². The largest absolute Gasteiger partial charge is 0.496 e. The van der Waals surface area contributed by atoms with Gasteiger partial charge in [0, 0.05) is 11.6 Å². The zero-order valence-corrected chi connectivity index (χ0v) is 12.3. The third-order valence-electron chi connectivity index (χ3n) is 4.90. The Labute approximate surface area is 116 Å². The molecule has 104 valence electrons. The van der Waals surface area contributed by atoms with Gasteiger partial charge < -0.3 is 10.1 Å². The number of methoxy groups -OCH3 is 1. The molecular formula is C17H25NO. The summed E-state index contributed by atoms with van der Waals surface area (Å²) < 4.78 is 5.59. The summed E-state index contributed by atoms with van der Waals surface area (Å²) in [6.07, 6.45) is 4.29. The van der Waals surface area contributed by atoms with Gasteiger partial charge in [0.15, 0.2) is 0 Å². The standard InChI is InChI=1S/C17H25NO/c1-4-18-17(14-9-12-8-13(12)10-14)15-7-11(2)5-6-16(15)19-3/h5-7,12-14,17-18H,4,8-10H2,1-3H3. The van der Waals surface area contributed by atoms with Crippen LogP contribution in [0.15, 0.2) is 18.2 Å². The van der Waals surface area contributed by atoms with Crippen molar-refractivity contribution < 1.29 is 4.74 Å². The van der Waals surface area contributed by atoms with Crippen molar-refractivity contribution in [1.82, 2.24) is 5.32 Å². The number of nitrogens with one attached hydrogen (secondary N) is 1. The van der Waals surface area contributed by atoms with Crippen LogP contribution in [0, 0.1) is 24.7 Å². The first kappa shape index (κ1) is 13.0. The second-order valence-electron chi connectivity index (χ2n) is 6.27. The summed E-state index contributed by atoms with van der Waals surface area (Å²) in [5, 5.41) is 3.70. The average molecular weight is 259 g/mol. The molecule has 3 rings (SSSR count). The number of hydrogen-bond donors (Lipinski definition) is 1. The molecule has 1 aromatic carbocycles. The first-order chi connectivity index (χ1) is 9.22. The highest BCUT2D eigenvalue weighted by atomic mass is 16.5. The quantitative estimate of drug-likeness (QED) is 0.870. The molecule has 2 fully saturated rings. The number of aryl methyl sites for hydroxylation is 1. The highest BCUT2D eigenvalue weighted by Gasteiger charge is 2.48. The highest BCUT2D eigenvalue weighted by molar-refractivity contribution is 5.39. The lowest BCUT2D eigenvalue weighted by Crippen LogP contribution is -2.28. The van der Waals surface area contributed by atoms with Gasteiger partial charge in [-0.25, -0.2) is 0 Å². The van der Waals surface area contributed by atoms with Crippen molar-refractivity contribution in [2.75, 3.05) is 13.7 Å². The normalized spacial score (nSPS) is 29.9. The van der Waals surface area contributed by atoms with E-state index in [1.54, 1.807) is 7.11 Å². The van der Waals surface area contributed by atoms with Crippen molar-refractivity contribution in [2.45, 2.75) is 39.2 Å². The minimum atomic E-state index is 0.465. The molecule has 0 heterocycles. The monoisotopic (exact) mass is 259 g/mol. The van der Waals surface area contributed by atoms with Crippen molar-refractivity contribution >= 4 is 0 Å². The average Bonchev–Trinajstić information content (AvgIpc) is 3.02. The Hall–Kier alpha value is -1.02. The molecule has 2 aliphatic carbocycles. The van der Waals surface area contributed by atoms with Gasteiger partial charge in [0.2, 0.25) is 0 Å². The molecule has 2 heteroatoms. The van der Waals surface area contributed by atoms with Crippen molar-refractivity contribution in [3.8, 4) is 5.75 Å². The van der Waals surface area contributed by atoms with E-state index < -0.39 is 0 Å². The van der Waals surface area contributed by atoms with Gasteiger partial charge in [-0.05, 0) is 56.6 Å². The zero-order valence-electron chi connectivity index (χ0n) is 12.3. The van der Waals surface area contributed by atoms with E-state index in [-0.39, 0.29) is 0 Å². The number of benzene rings is 1. The predicted octanol–water partition coefficient (Wildman–Crippen LogP) is 3.70. The van der Waals surface area contributed by atoms with Crippen molar-refractivity contribution in [3.05, 3.63) is 29.3 Å². The Morgan fingerprint density at radius 1 is 1.26 bits per heavy atom. The lowest BCUT2D eigenvalue weighted by molar-refractivity contribution is 0.330. The molecule has 0 bridgehead atoms. The first-order valence-electron chi connectivity index (χ1n) is 7.60. The smallest absolute Gasteiger partial charge is 0.123 e. The van der Waals surface area contributed by atoms with E-state index in [1.165, 1.54) is 30.4 Å². The Kier molecular flexibility index (Phi) is 3.53. The molecule has 2 aliphatic rings. The maximum absolute atomic E-state index is 5.59. The molecule has 0 saturated heterocycles. The fourth-order valence-corrected chi connectivity index (χ4v) is 3.88. The van der Waals surface area contributed by atoms with Gasteiger partial charge in [0.1, 0.15) is 5.75 Å². The third-order valence-corrected chi connectivity index (χ3v) is 4.90. The highest BCUT2D eigenvalue weighted by Crippen LogP contribution is 2.57. The minimum absolute atomic E-state index is 0.465. The van der Waals surface area contributed by atoms with E-state index in [1.807, 2.05) is 0 Å². The predicted molar refractivity (Wildman–Crippen MR) is 78.5 cm³/mol. The van der Waals surface area contributed by atoms with Gasteiger partial charge >= 0.3 is 0 Å². The van der Waals surface area contributed by atoms with E-state index in [0.29, 0.717) is 6.04 Å². The van der Waals surface area contributed by atoms with Crippen LogP contribution in [-0.4, -0.2) is 13.7 Å². The zero-order chi connectivity index (χ0) is 13.4. The second-order valence-corrected chi connectivity index (χ2v) is 6.27. The summed E-state index contributed by atoms with van der Waals surface area (Å²) in [6, 6.07) is 7.02. The number of ether oxygens (including phenoxy) is 1. The number of hydrogen-bond acceptors (Lipinski definition) is 2. The molecule has 19 heavy (non-hydrogen) atoms. The van der Waals surface area contributed by atoms with Crippen LogP contribution in [0.1, 0.15) is 43.4 Å². The van der Waals surface area contributed by atoms with Crippen LogP contribution >= 0.6 is 0 Å². The molecule has 0 radical (unpaired) electrons. The van der Waals surface area contributed by atoms with Gasteiger partial charge in [0.25, 0.3) is 0 Å². The number of rotatable bonds is 5. The topological polar surface area (TPSA) is 21.3 Å². The van der Waals surface area contributed by atoms with Crippen LogP contribution < -0.4 is 10.1 Å². The molecule has 1 N–H and O–H groups in total. The Morgan fingerprint density at radius 3 is 2.63 bits per heavy atom. The summed E-state index contributed by atoms with van der Waals surface area (Å²) in [6.45, 7) is 5.39. The molecule has 1 aromatic rings. The number of fused-ring (bicyclic) bond motifs is 1. The summed E-state index contributed by atoms with van der Waals surface area (Å²) in [7, 11) is 1.78. The maximum atomic E-state index is 5.59. The van der Waals surface area contributed by atoms with E-state index >= 15 is 0 Å². The van der Waals surface area contributed by atoms with Gasteiger partial charge in [-0.15, -0.1) is 0 Å². The molecule has 0 aromatic heterocycles. The van der Waals surface area contributed by atoms with E-state index in [0.717, 1.165) is 30.0 Å². The second kappa shape index (κ2) is 5.16. The molecular weight excluding hydrogens is 234 g/mol. The summed E-state index contributed by atoms with van der Waals surface area (Å²) in [5.74, 6) is 3.89. The lowest BCUT2D eigenvalue weighted by atomic mass is 9.88. The first-order valence-corrected chi connectivity index (χ1v) is 7.60. The minimum Gasteiger partial charge on any atom is -0.496 e. The van der Waals surface area contributed by atoms with Gasteiger partial charge in [0.05, 0.1) is 7.11 Å². The molecule has 3 atom stereocenters. The third kappa shape index (κ3) is 2.51. The molecule has 3 unspecified atom stereocenters. The molecule has 2 saturated carbocycles. The van der Waals surface area contributed by atoms with Crippen molar-refractivity contribution in [1.29, 1.82) is 0 Å². The molecule has 2 nitrogen and oxygen atoms in total. The summed E-state index contributed by atoms with van der Waals surface area (Å²) >= 11 is 0. The van der Waals surface area contributed by atoms with Crippen LogP contribution in [0.5, 0.6) is 5.75 Å². The molecule has 0 amide bonds. The van der Waals surface area contributed by atoms with Gasteiger partial charge in [-0.3, -0.25) is 0 Å². The van der Waals surface area contributed by atoms with Crippen LogP contribution in [-0.2, 0) is 0 Å². The van der Waals surface area contributed by atoms with Crippen molar-refractivity contribution in [3.63, 3.8) is 0 Å². The molecule has 0 aliphatic heterocycles. The van der Waals surface area contributed by atoms with Gasteiger partial charge in [-0.2, -0.15) is 0 Å². The molecule has 0 spiro atoms. The maximum Gasteiger partial charge on any atom is 0.123 e. The Bertz CT molecular complexity index is 447. The van der Waals surface area contributed by atoms with Crippen LogP contribution in [0.2, 0.25) is 0 Å². The van der Waals surface area contributed by atoms with E-state index in [2.05, 4.69) is 37.4 Å². The fraction of sp³-hybridized carbons (Fsp3) is 0.647. The fourth-order valence-electron chi connectivity index (χ4n) is 3.88. The Morgan fingerprint density at radius 2 is 2.00 bits per heavy atom. The lowest BCUT2D eigenvalue weighted by Gasteiger charge is -2.28. The van der Waals surface area contributed by atoms with Crippen molar-refractivity contribution in [2.24, 2.45) is 17.8 Å². The Balaban J connectivity index is 1.88.